The van der Waals surface area contributed by atoms with Crippen molar-refractivity contribution in [3.05, 3.63) is 52.8 Å². The highest BCUT2D eigenvalue weighted by Crippen LogP contribution is 2.37. The van der Waals surface area contributed by atoms with Crippen molar-refractivity contribution in [2.75, 3.05) is 30.9 Å². The van der Waals surface area contributed by atoms with Crippen LogP contribution in [0.1, 0.15) is 18.0 Å². The van der Waals surface area contributed by atoms with E-state index in [0.29, 0.717) is 10.6 Å². The van der Waals surface area contributed by atoms with Crippen LogP contribution in [0.3, 0.4) is 0 Å². The Morgan fingerprint density at radius 2 is 1.95 bits per heavy atom. The second-order valence-corrected chi connectivity index (χ2v) is 12.2. The summed E-state index contributed by atoms with van der Waals surface area (Å²) >= 11 is 5.95. The number of ether oxygens (including phenoxy) is 1. The highest BCUT2D eigenvalue weighted by molar-refractivity contribution is 7.91. The first-order valence-electron chi connectivity index (χ1n) is 12.2. The van der Waals surface area contributed by atoms with Crippen molar-refractivity contribution in [1.29, 1.82) is 0 Å². The molecule has 2 aliphatic heterocycles. The second kappa shape index (κ2) is 10.6. The summed E-state index contributed by atoms with van der Waals surface area (Å²) in [5.74, 6) is -6.14. The average molecular weight is 614 g/mol. The Balaban J connectivity index is 1.56. The maximum atomic E-state index is 15.4. The molecule has 2 amide bonds. The van der Waals surface area contributed by atoms with Gasteiger partial charge in [0.2, 0.25) is 11.7 Å². The van der Waals surface area contributed by atoms with Gasteiger partial charge in [-0.3, -0.25) is 9.69 Å². The van der Waals surface area contributed by atoms with Crippen molar-refractivity contribution in [1.82, 2.24) is 25.1 Å². The number of piperidine rings is 1. The van der Waals surface area contributed by atoms with Crippen LogP contribution in [0.2, 0.25) is 5.02 Å². The molecule has 1 saturated heterocycles. The number of methoxy groups -OCH3 is 1. The lowest BCUT2D eigenvalue weighted by Crippen LogP contribution is -2.50. The van der Waals surface area contributed by atoms with Gasteiger partial charge >= 0.3 is 6.09 Å². The molecule has 2 aromatic carbocycles. The smallest absolute Gasteiger partial charge is 0.409 e. The highest BCUT2D eigenvalue weighted by Gasteiger charge is 2.44. The van der Waals surface area contributed by atoms with Gasteiger partial charge in [-0.2, -0.15) is 4.80 Å². The molecule has 2 aliphatic rings. The molecule has 3 heterocycles. The van der Waals surface area contributed by atoms with E-state index in [9.17, 15) is 26.8 Å². The van der Waals surface area contributed by atoms with Crippen molar-refractivity contribution >= 4 is 39.1 Å². The van der Waals surface area contributed by atoms with Gasteiger partial charge in [0.15, 0.2) is 9.84 Å². The number of rotatable bonds is 4. The van der Waals surface area contributed by atoms with E-state index in [0.717, 1.165) is 33.8 Å². The standard InChI is InChI=1S/C24H23ClF3N7O5S/c1-40-23(37)33-10-15(8-24(27,28)12-33)35-31-21(30-32-35)16-6-19-20(7-17(16)26)41(38,39)11-18(29)22(36)34(19)9-13-2-4-14(25)5-3-13/h2-7,15,18H,8-12,29H2,1H3/t15?,18-/m0/s1. The molecule has 2 atom stereocenters. The summed E-state index contributed by atoms with van der Waals surface area (Å²) in [6.45, 7) is -1.19. The fourth-order valence-corrected chi connectivity index (χ4v) is 6.50. The third-order valence-electron chi connectivity index (χ3n) is 6.73. The highest BCUT2D eigenvalue weighted by atomic mass is 35.5. The summed E-state index contributed by atoms with van der Waals surface area (Å²) in [6.07, 6.45) is -1.68. The minimum absolute atomic E-state index is 0.113. The summed E-state index contributed by atoms with van der Waals surface area (Å²) in [6, 6.07) is 5.74. The molecule has 1 unspecified atom stereocenters. The Hall–Kier alpha value is -3.76. The average Bonchev–Trinajstić information content (AvgIpc) is 3.39. The number of likely N-dealkylation sites (tertiary alicyclic amines) is 1. The van der Waals surface area contributed by atoms with Crippen LogP contribution in [0.15, 0.2) is 41.3 Å². The van der Waals surface area contributed by atoms with Gasteiger partial charge in [-0.1, -0.05) is 23.7 Å². The van der Waals surface area contributed by atoms with Gasteiger partial charge in [-0.15, -0.1) is 10.2 Å². The van der Waals surface area contributed by atoms with Gasteiger partial charge in [-0.05, 0) is 35.0 Å². The summed E-state index contributed by atoms with van der Waals surface area (Å²) in [4.78, 5) is 27.4. The number of aromatic nitrogens is 4. The zero-order valence-electron chi connectivity index (χ0n) is 21.4. The third kappa shape index (κ3) is 5.71. The van der Waals surface area contributed by atoms with Gasteiger partial charge in [0.05, 0.1) is 54.2 Å². The van der Waals surface area contributed by atoms with E-state index in [-0.39, 0.29) is 30.2 Å². The lowest BCUT2D eigenvalue weighted by Gasteiger charge is -2.35. The number of tetrazole rings is 1. The fourth-order valence-electron chi connectivity index (χ4n) is 4.81. The molecule has 1 fully saturated rings. The molecule has 2 N–H and O–H groups in total. The van der Waals surface area contributed by atoms with Crippen molar-refractivity contribution in [3.8, 4) is 11.4 Å². The third-order valence-corrected chi connectivity index (χ3v) is 8.77. The SMILES string of the molecule is COC(=O)N1CC(n2nnc(-c3cc4c(cc3F)S(=O)(=O)C[C@H](N)C(=O)N4Cc3ccc(Cl)cc3)n2)CC(F)(F)C1. The number of halogens is 4. The molecule has 0 bridgehead atoms. The van der Waals surface area contributed by atoms with E-state index in [2.05, 4.69) is 20.1 Å². The van der Waals surface area contributed by atoms with Crippen LogP contribution in [-0.2, 0) is 25.9 Å². The topological polar surface area (TPSA) is 154 Å². The largest absolute Gasteiger partial charge is 0.453 e. The minimum Gasteiger partial charge on any atom is -0.453 e. The van der Waals surface area contributed by atoms with Crippen LogP contribution in [0.25, 0.3) is 11.4 Å². The zero-order valence-corrected chi connectivity index (χ0v) is 22.9. The molecule has 0 aliphatic carbocycles. The number of carbonyl (C=O) groups excluding carboxylic acids is 2. The van der Waals surface area contributed by atoms with Crippen molar-refractivity contribution in [3.63, 3.8) is 0 Å². The monoisotopic (exact) mass is 613 g/mol. The molecule has 41 heavy (non-hydrogen) atoms. The Bertz CT molecular complexity index is 1620. The van der Waals surface area contributed by atoms with Crippen LogP contribution in [0, 0.1) is 5.82 Å². The Kier molecular flexibility index (Phi) is 7.42. The summed E-state index contributed by atoms with van der Waals surface area (Å²) in [7, 11) is -3.14. The van der Waals surface area contributed by atoms with Gasteiger partial charge in [0, 0.05) is 18.0 Å². The van der Waals surface area contributed by atoms with Crippen LogP contribution in [0.5, 0.6) is 0 Å². The molecule has 5 rings (SSSR count). The number of carbonyl (C=O) groups is 2. The number of alkyl halides is 2. The number of hydrogen-bond acceptors (Lipinski definition) is 9. The van der Waals surface area contributed by atoms with Crippen LogP contribution in [-0.4, -0.2) is 83.4 Å². The molecule has 0 spiro atoms. The molecule has 218 valence electrons. The summed E-state index contributed by atoms with van der Waals surface area (Å²) < 4.78 is 74.9. The van der Waals surface area contributed by atoms with E-state index < -0.39 is 69.3 Å². The first-order chi connectivity index (χ1) is 19.3. The maximum absolute atomic E-state index is 15.4. The Morgan fingerprint density at radius 1 is 1.24 bits per heavy atom. The number of benzene rings is 2. The number of nitrogens with zero attached hydrogens (tertiary/aromatic N) is 6. The van der Waals surface area contributed by atoms with Gasteiger partial charge in [-0.25, -0.2) is 26.4 Å². The lowest BCUT2D eigenvalue weighted by molar-refractivity contribution is -0.119. The first kappa shape index (κ1) is 28.8. The number of fused-ring (bicyclic) bond motifs is 1. The van der Waals surface area contributed by atoms with E-state index in [1.54, 1.807) is 24.3 Å². The maximum Gasteiger partial charge on any atom is 0.409 e. The number of anilines is 1. The Labute approximate surface area is 236 Å². The van der Waals surface area contributed by atoms with E-state index in [1.165, 1.54) is 0 Å². The van der Waals surface area contributed by atoms with E-state index >= 15 is 4.39 Å². The van der Waals surface area contributed by atoms with Crippen LogP contribution < -0.4 is 10.6 Å². The first-order valence-corrected chi connectivity index (χ1v) is 14.2. The molecular formula is C24H23ClF3N7O5S. The van der Waals surface area contributed by atoms with Crippen molar-refractivity contribution < 1.29 is 35.9 Å². The predicted molar refractivity (Wildman–Crippen MR) is 138 cm³/mol. The van der Waals surface area contributed by atoms with Crippen LogP contribution >= 0.6 is 11.6 Å². The van der Waals surface area contributed by atoms with Crippen molar-refractivity contribution in [2.45, 2.75) is 35.9 Å². The number of sulfone groups is 1. The Morgan fingerprint density at radius 3 is 2.63 bits per heavy atom. The predicted octanol–water partition coefficient (Wildman–Crippen LogP) is 2.43. The molecule has 0 saturated carbocycles. The number of amides is 2. The van der Waals surface area contributed by atoms with E-state index in [1.807, 2.05) is 0 Å². The molecule has 1 aromatic heterocycles. The van der Waals surface area contributed by atoms with E-state index in [4.69, 9.17) is 17.3 Å². The van der Waals surface area contributed by atoms with Crippen molar-refractivity contribution in [2.24, 2.45) is 5.73 Å². The quantitative estimate of drug-likeness (QED) is 0.467. The number of hydrogen-bond donors (Lipinski definition) is 1. The van der Waals surface area contributed by atoms with Gasteiger partial charge < -0.3 is 15.4 Å². The minimum atomic E-state index is -4.20. The molecule has 3 aromatic rings. The van der Waals surface area contributed by atoms with Gasteiger partial charge in [0.1, 0.15) is 5.82 Å². The molecular weight excluding hydrogens is 591 g/mol. The normalized spacial score (nSPS) is 21.8. The molecule has 12 nitrogen and oxygen atoms in total. The number of nitrogens with two attached hydrogens (primary N) is 1. The molecule has 0 radical (unpaired) electrons. The van der Waals surface area contributed by atoms with Crippen LogP contribution in [0.4, 0.5) is 23.7 Å². The zero-order chi connectivity index (χ0) is 29.7. The second-order valence-electron chi connectivity index (χ2n) is 9.74. The fraction of sp³-hybridized carbons (Fsp3) is 0.375. The molecule has 17 heteroatoms. The summed E-state index contributed by atoms with van der Waals surface area (Å²) in [5.41, 5.74) is 6.01. The summed E-state index contributed by atoms with van der Waals surface area (Å²) in [5, 5.41) is 12.1. The lowest BCUT2D eigenvalue weighted by atomic mass is 10.0. The van der Waals surface area contributed by atoms with Gasteiger partial charge in [0.25, 0.3) is 5.92 Å².